The maximum absolute atomic E-state index is 12.9. The molecule has 0 aliphatic heterocycles. The number of hydrogen-bond donors (Lipinski definition) is 1. The predicted molar refractivity (Wildman–Crippen MR) is 112 cm³/mol. The minimum absolute atomic E-state index is 0.128. The van der Waals surface area contributed by atoms with Gasteiger partial charge in [0.1, 0.15) is 5.75 Å². The lowest BCUT2D eigenvalue weighted by atomic mass is 10.1. The molecule has 0 aromatic heterocycles. The first kappa shape index (κ1) is 22.2. The number of hydrogen-bond acceptors (Lipinski definition) is 4. The molecule has 2 aromatic rings. The fraction of sp³-hybridized carbons (Fsp3) is 0.350. The van der Waals surface area contributed by atoms with Crippen LogP contribution >= 0.6 is 11.6 Å². The van der Waals surface area contributed by atoms with Gasteiger partial charge in [0.05, 0.1) is 17.7 Å². The van der Waals surface area contributed by atoms with E-state index in [1.807, 2.05) is 6.92 Å². The molecule has 0 bridgehead atoms. The van der Waals surface area contributed by atoms with E-state index in [0.29, 0.717) is 35.1 Å². The molecule has 1 amide bonds. The Hall–Kier alpha value is -2.09. The van der Waals surface area contributed by atoms with Gasteiger partial charge in [0.15, 0.2) is 0 Å². The van der Waals surface area contributed by atoms with Crippen molar-refractivity contribution in [3.8, 4) is 5.75 Å². The van der Waals surface area contributed by atoms with E-state index in [4.69, 9.17) is 16.3 Å². The summed E-state index contributed by atoms with van der Waals surface area (Å²) in [6.45, 7) is 7.80. The standard InChI is InChI=1S/C20H25ClN2O4S/c1-6-23(7-2)28(25,26)19-11-15(9-8-13(19)3)20(24)22-17-10-14(4)16(21)12-18(17)27-5/h8-12H,6-7H2,1-5H3,(H,22,24). The number of methoxy groups -OCH3 is 1. The summed E-state index contributed by atoms with van der Waals surface area (Å²) in [5.74, 6) is -0.0110. The Bertz CT molecular complexity index is 986. The minimum atomic E-state index is -3.67. The molecule has 28 heavy (non-hydrogen) atoms. The van der Waals surface area contributed by atoms with E-state index < -0.39 is 15.9 Å². The normalized spacial score (nSPS) is 11.5. The Morgan fingerprint density at radius 3 is 2.32 bits per heavy atom. The number of nitrogens with one attached hydrogen (secondary N) is 1. The molecule has 2 rings (SSSR count). The molecule has 0 fully saturated rings. The quantitative estimate of drug-likeness (QED) is 0.720. The SMILES string of the molecule is CCN(CC)S(=O)(=O)c1cc(C(=O)Nc2cc(C)c(Cl)cc2OC)ccc1C. The van der Waals surface area contributed by atoms with Crippen molar-refractivity contribution in [3.05, 3.63) is 52.0 Å². The van der Waals surface area contributed by atoms with Crippen LogP contribution in [0.4, 0.5) is 5.69 Å². The van der Waals surface area contributed by atoms with Crippen molar-refractivity contribution in [1.29, 1.82) is 0 Å². The lowest BCUT2D eigenvalue weighted by Crippen LogP contribution is -2.31. The molecule has 0 heterocycles. The molecule has 0 unspecified atom stereocenters. The van der Waals surface area contributed by atoms with E-state index in [2.05, 4.69) is 5.32 Å². The van der Waals surface area contributed by atoms with Gasteiger partial charge in [-0.15, -0.1) is 0 Å². The average Bonchev–Trinajstić information content (AvgIpc) is 2.65. The molecular weight excluding hydrogens is 400 g/mol. The Labute approximate surface area is 171 Å². The highest BCUT2D eigenvalue weighted by atomic mass is 35.5. The Morgan fingerprint density at radius 1 is 1.11 bits per heavy atom. The van der Waals surface area contributed by atoms with Gasteiger partial charge in [0, 0.05) is 29.7 Å². The first-order valence-electron chi connectivity index (χ1n) is 8.91. The van der Waals surface area contributed by atoms with Gasteiger partial charge in [-0.3, -0.25) is 4.79 Å². The summed E-state index contributed by atoms with van der Waals surface area (Å²) in [6.07, 6.45) is 0. The van der Waals surface area contributed by atoms with Gasteiger partial charge in [-0.2, -0.15) is 4.31 Å². The number of aryl methyl sites for hydroxylation is 2. The van der Waals surface area contributed by atoms with E-state index in [9.17, 15) is 13.2 Å². The van der Waals surface area contributed by atoms with Crippen molar-refractivity contribution in [1.82, 2.24) is 4.31 Å². The number of sulfonamides is 1. The second-order valence-electron chi connectivity index (χ2n) is 6.33. The summed E-state index contributed by atoms with van der Waals surface area (Å²) in [4.78, 5) is 12.9. The highest BCUT2D eigenvalue weighted by molar-refractivity contribution is 7.89. The van der Waals surface area contributed by atoms with Crippen LogP contribution in [0, 0.1) is 13.8 Å². The summed E-state index contributed by atoms with van der Waals surface area (Å²) in [5.41, 5.74) is 2.07. The summed E-state index contributed by atoms with van der Waals surface area (Å²) < 4.78 is 32.4. The third-order valence-electron chi connectivity index (χ3n) is 4.50. The van der Waals surface area contributed by atoms with Crippen molar-refractivity contribution in [2.45, 2.75) is 32.6 Å². The molecule has 0 aliphatic rings. The molecule has 152 valence electrons. The van der Waals surface area contributed by atoms with Crippen molar-refractivity contribution < 1.29 is 17.9 Å². The van der Waals surface area contributed by atoms with Crippen molar-refractivity contribution in [3.63, 3.8) is 0 Å². The average molecular weight is 425 g/mol. The fourth-order valence-electron chi connectivity index (χ4n) is 2.85. The number of nitrogens with zero attached hydrogens (tertiary/aromatic N) is 1. The van der Waals surface area contributed by atoms with Crippen LogP contribution in [0.1, 0.15) is 35.3 Å². The van der Waals surface area contributed by atoms with E-state index >= 15 is 0 Å². The van der Waals surface area contributed by atoms with Gasteiger partial charge in [0.25, 0.3) is 5.91 Å². The lowest BCUT2D eigenvalue weighted by molar-refractivity contribution is 0.102. The molecule has 6 nitrogen and oxygen atoms in total. The van der Waals surface area contributed by atoms with Crippen LogP contribution in [0.25, 0.3) is 0 Å². The van der Waals surface area contributed by atoms with Gasteiger partial charge in [0.2, 0.25) is 10.0 Å². The first-order valence-corrected chi connectivity index (χ1v) is 10.7. The van der Waals surface area contributed by atoms with Gasteiger partial charge in [-0.05, 0) is 43.2 Å². The van der Waals surface area contributed by atoms with Crippen molar-refractivity contribution in [2.75, 3.05) is 25.5 Å². The number of rotatable bonds is 7. The second-order valence-corrected chi connectivity index (χ2v) is 8.64. The molecule has 1 N–H and O–H groups in total. The van der Waals surface area contributed by atoms with Crippen LogP contribution in [0.3, 0.4) is 0 Å². The number of ether oxygens (including phenoxy) is 1. The Kier molecular flexibility index (Phi) is 7.09. The zero-order valence-electron chi connectivity index (χ0n) is 16.7. The molecule has 0 radical (unpaired) electrons. The van der Waals surface area contributed by atoms with E-state index in [0.717, 1.165) is 5.56 Å². The Balaban J connectivity index is 2.42. The number of halogens is 1. The molecule has 8 heteroatoms. The van der Waals surface area contributed by atoms with Crippen LogP contribution in [-0.4, -0.2) is 38.8 Å². The third-order valence-corrected chi connectivity index (χ3v) is 7.10. The molecule has 0 saturated heterocycles. The number of carbonyl (C=O) groups is 1. The fourth-order valence-corrected chi connectivity index (χ4v) is 4.71. The van der Waals surface area contributed by atoms with Crippen LogP contribution in [0.5, 0.6) is 5.75 Å². The van der Waals surface area contributed by atoms with Crippen molar-refractivity contribution in [2.24, 2.45) is 0 Å². The van der Waals surface area contributed by atoms with Crippen LogP contribution in [0.2, 0.25) is 5.02 Å². The maximum atomic E-state index is 12.9. The van der Waals surface area contributed by atoms with Crippen LogP contribution < -0.4 is 10.1 Å². The largest absolute Gasteiger partial charge is 0.495 e. The van der Waals surface area contributed by atoms with Crippen molar-refractivity contribution >= 4 is 33.2 Å². The third kappa shape index (κ3) is 4.48. The smallest absolute Gasteiger partial charge is 0.255 e. The first-order chi connectivity index (χ1) is 13.1. The van der Waals surface area contributed by atoms with Gasteiger partial charge >= 0.3 is 0 Å². The minimum Gasteiger partial charge on any atom is -0.495 e. The molecule has 0 atom stereocenters. The topological polar surface area (TPSA) is 75.7 Å². The monoisotopic (exact) mass is 424 g/mol. The maximum Gasteiger partial charge on any atom is 0.255 e. The number of carbonyl (C=O) groups excluding carboxylic acids is 1. The van der Waals surface area contributed by atoms with E-state index in [1.165, 1.54) is 17.5 Å². The molecule has 0 aliphatic carbocycles. The molecule has 2 aromatic carbocycles. The lowest BCUT2D eigenvalue weighted by Gasteiger charge is -2.20. The number of amides is 1. The summed E-state index contributed by atoms with van der Waals surface area (Å²) in [7, 11) is -2.19. The van der Waals surface area contributed by atoms with E-state index in [1.54, 1.807) is 45.0 Å². The van der Waals surface area contributed by atoms with Gasteiger partial charge in [-0.25, -0.2) is 8.42 Å². The summed E-state index contributed by atoms with van der Waals surface area (Å²) in [6, 6.07) is 7.98. The van der Waals surface area contributed by atoms with Gasteiger partial charge in [-0.1, -0.05) is 31.5 Å². The number of anilines is 1. The number of benzene rings is 2. The zero-order valence-corrected chi connectivity index (χ0v) is 18.2. The van der Waals surface area contributed by atoms with Gasteiger partial charge < -0.3 is 10.1 Å². The highest BCUT2D eigenvalue weighted by Crippen LogP contribution is 2.31. The highest BCUT2D eigenvalue weighted by Gasteiger charge is 2.25. The molecule has 0 saturated carbocycles. The van der Waals surface area contributed by atoms with Crippen LogP contribution in [0.15, 0.2) is 35.2 Å². The molecular formula is C20H25ClN2O4S. The van der Waals surface area contributed by atoms with Crippen LogP contribution in [-0.2, 0) is 10.0 Å². The summed E-state index contributed by atoms with van der Waals surface area (Å²) in [5, 5.41) is 3.30. The second kappa shape index (κ2) is 8.94. The molecule has 0 spiro atoms. The zero-order chi connectivity index (χ0) is 21.1. The summed E-state index contributed by atoms with van der Waals surface area (Å²) >= 11 is 6.10. The predicted octanol–water partition coefficient (Wildman–Crippen LogP) is 4.25. The van der Waals surface area contributed by atoms with E-state index in [-0.39, 0.29) is 10.5 Å². The Morgan fingerprint density at radius 2 is 1.75 bits per heavy atom.